The van der Waals surface area contributed by atoms with Crippen molar-refractivity contribution >= 4 is 11.7 Å². The summed E-state index contributed by atoms with van der Waals surface area (Å²) in [6.45, 7) is 2.34. The molecule has 0 spiro atoms. The molecule has 0 radical (unpaired) electrons. The monoisotopic (exact) mass is 498 g/mol. The van der Waals surface area contributed by atoms with E-state index in [9.17, 15) is 23.5 Å². The number of halogens is 2. The number of hydrogen-bond donors (Lipinski definition) is 3. The SMILES string of the molecule is CCc1ccc2c(c1)C(NCC(O)C(Cc1cc(F)cc(F)c1)NC(=O)CC1CCCC1=O)CCC2. The van der Waals surface area contributed by atoms with Gasteiger partial charge in [0, 0.05) is 37.4 Å². The molecular weight excluding hydrogens is 462 g/mol. The van der Waals surface area contributed by atoms with Gasteiger partial charge in [0.15, 0.2) is 0 Å². The minimum Gasteiger partial charge on any atom is -0.390 e. The minimum absolute atomic E-state index is 0.0722. The van der Waals surface area contributed by atoms with Gasteiger partial charge in [0.25, 0.3) is 0 Å². The van der Waals surface area contributed by atoms with Crippen molar-refractivity contribution in [1.82, 2.24) is 10.6 Å². The van der Waals surface area contributed by atoms with E-state index in [-0.39, 0.29) is 43.0 Å². The zero-order valence-corrected chi connectivity index (χ0v) is 20.9. The number of nitrogens with one attached hydrogen (secondary N) is 2. The molecule has 2 aliphatic carbocycles. The van der Waals surface area contributed by atoms with Gasteiger partial charge in [-0.1, -0.05) is 25.1 Å². The molecule has 7 heteroatoms. The van der Waals surface area contributed by atoms with E-state index >= 15 is 0 Å². The van der Waals surface area contributed by atoms with Crippen LogP contribution in [0.25, 0.3) is 0 Å². The number of aliphatic hydroxyl groups excluding tert-OH is 1. The first-order valence-corrected chi connectivity index (χ1v) is 13.1. The molecule has 36 heavy (non-hydrogen) atoms. The Morgan fingerprint density at radius 1 is 1.06 bits per heavy atom. The topological polar surface area (TPSA) is 78.4 Å². The standard InChI is InChI=1S/C29H36F2N2O3/c1-2-18-9-10-20-5-3-7-25(24(20)13-18)32-17-28(35)26(14-19-11-22(30)16-23(31)12-19)33-29(36)15-21-6-4-8-27(21)34/h9-13,16,21,25-26,28,32,35H,2-8,14-15,17H2,1H3,(H,33,36). The summed E-state index contributed by atoms with van der Waals surface area (Å²) in [4.78, 5) is 24.8. The molecule has 5 nitrogen and oxygen atoms in total. The van der Waals surface area contributed by atoms with Crippen LogP contribution < -0.4 is 10.6 Å². The van der Waals surface area contributed by atoms with Crippen molar-refractivity contribution in [2.24, 2.45) is 5.92 Å². The third-order valence-corrected chi connectivity index (χ3v) is 7.56. The molecule has 0 aromatic heterocycles. The summed E-state index contributed by atoms with van der Waals surface area (Å²) < 4.78 is 27.6. The van der Waals surface area contributed by atoms with E-state index in [0.717, 1.165) is 38.2 Å². The average Bonchev–Trinajstić information content (AvgIpc) is 3.25. The summed E-state index contributed by atoms with van der Waals surface area (Å²) >= 11 is 0. The molecule has 2 aliphatic rings. The summed E-state index contributed by atoms with van der Waals surface area (Å²) in [7, 11) is 0. The Balaban J connectivity index is 1.45. The highest BCUT2D eigenvalue weighted by Gasteiger charge is 2.30. The predicted octanol–water partition coefficient (Wildman–Crippen LogP) is 4.34. The number of aliphatic hydroxyl groups is 1. The maximum atomic E-state index is 13.8. The second kappa shape index (κ2) is 12.1. The Morgan fingerprint density at radius 2 is 1.81 bits per heavy atom. The Morgan fingerprint density at radius 3 is 2.50 bits per heavy atom. The summed E-state index contributed by atoms with van der Waals surface area (Å²) in [5.74, 6) is -1.93. The van der Waals surface area contributed by atoms with Crippen LogP contribution in [0.4, 0.5) is 8.78 Å². The van der Waals surface area contributed by atoms with Crippen molar-refractivity contribution in [2.45, 2.75) is 82.9 Å². The summed E-state index contributed by atoms with van der Waals surface area (Å²) in [5, 5.41) is 17.4. The van der Waals surface area contributed by atoms with Gasteiger partial charge in [-0.05, 0) is 79.3 Å². The van der Waals surface area contributed by atoms with Crippen molar-refractivity contribution in [3.63, 3.8) is 0 Å². The van der Waals surface area contributed by atoms with Crippen LogP contribution in [0.3, 0.4) is 0 Å². The van der Waals surface area contributed by atoms with Gasteiger partial charge < -0.3 is 15.7 Å². The Kier molecular flexibility index (Phi) is 8.86. The molecule has 0 aliphatic heterocycles. The lowest BCUT2D eigenvalue weighted by atomic mass is 9.86. The Bertz CT molecular complexity index is 1070. The number of amides is 1. The normalized spacial score (nSPS) is 21.2. The van der Waals surface area contributed by atoms with Crippen LogP contribution in [0.2, 0.25) is 0 Å². The largest absolute Gasteiger partial charge is 0.390 e. The third-order valence-electron chi connectivity index (χ3n) is 7.56. The van der Waals surface area contributed by atoms with E-state index in [4.69, 9.17) is 0 Å². The van der Waals surface area contributed by atoms with Crippen LogP contribution in [0, 0.1) is 17.6 Å². The van der Waals surface area contributed by atoms with Gasteiger partial charge in [0.05, 0.1) is 12.1 Å². The molecule has 0 saturated heterocycles. The molecule has 0 heterocycles. The van der Waals surface area contributed by atoms with Crippen LogP contribution in [0.15, 0.2) is 36.4 Å². The number of benzene rings is 2. The zero-order chi connectivity index (χ0) is 25.7. The van der Waals surface area contributed by atoms with Crippen LogP contribution in [0.5, 0.6) is 0 Å². The van der Waals surface area contributed by atoms with Crippen molar-refractivity contribution in [3.8, 4) is 0 Å². The Hall–Kier alpha value is -2.64. The molecule has 194 valence electrons. The third kappa shape index (κ3) is 6.77. The van der Waals surface area contributed by atoms with Gasteiger partial charge in [-0.2, -0.15) is 0 Å². The van der Waals surface area contributed by atoms with Gasteiger partial charge in [0.2, 0.25) is 5.91 Å². The highest BCUT2D eigenvalue weighted by atomic mass is 19.1. The molecule has 4 atom stereocenters. The lowest BCUT2D eigenvalue weighted by Gasteiger charge is -2.30. The van der Waals surface area contributed by atoms with Gasteiger partial charge in [0.1, 0.15) is 17.4 Å². The van der Waals surface area contributed by atoms with Gasteiger partial charge in [-0.15, -0.1) is 0 Å². The molecule has 4 unspecified atom stereocenters. The first-order chi connectivity index (χ1) is 17.3. The number of aryl methyl sites for hydroxylation is 2. The number of ketones is 1. The smallest absolute Gasteiger partial charge is 0.221 e. The van der Waals surface area contributed by atoms with Crippen molar-refractivity contribution in [1.29, 1.82) is 0 Å². The van der Waals surface area contributed by atoms with E-state index in [1.54, 1.807) is 0 Å². The molecule has 1 saturated carbocycles. The highest BCUT2D eigenvalue weighted by Crippen LogP contribution is 2.31. The van der Waals surface area contributed by atoms with Gasteiger partial charge >= 0.3 is 0 Å². The Labute approximate surface area is 211 Å². The molecule has 1 fully saturated rings. The highest BCUT2D eigenvalue weighted by molar-refractivity contribution is 5.88. The number of carbonyl (C=O) groups is 2. The second-order valence-electron chi connectivity index (χ2n) is 10.2. The van der Waals surface area contributed by atoms with E-state index in [1.807, 2.05) is 0 Å². The first-order valence-electron chi connectivity index (χ1n) is 13.1. The van der Waals surface area contributed by atoms with Crippen LogP contribution in [-0.2, 0) is 28.9 Å². The number of hydrogen-bond acceptors (Lipinski definition) is 4. The number of carbonyl (C=O) groups excluding carboxylic acids is 2. The van der Waals surface area contributed by atoms with E-state index < -0.39 is 23.8 Å². The summed E-state index contributed by atoms with van der Waals surface area (Å²) in [5.41, 5.74) is 4.18. The van der Waals surface area contributed by atoms with Gasteiger partial charge in [-0.25, -0.2) is 8.78 Å². The van der Waals surface area contributed by atoms with Gasteiger partial charge in [-0.3, -0.25) is 9.59 Å². The number of Topliss-reactive ketones (excluding diaryl/α,β-unsaturated/α-hetero) is 1. The maximum Gasteiger partial charge on any atom is 0.221 e. The fourth-order valence-corrected chi connectivity index (χ4v) is 5.54. The molecule has 0 bridgehead atoms. The average molecular weight is 499 g/mol. The van der Waals surface area contributed by atoms with Crippen molar-refractivity contribution < 1.29 is 23.5 Å². The summed E-state index contributed by atoms with van der Waals surface area (Å²) in [6.07, 6.45) is 5.11. The van der Waals surface area contributed by atoms with Crippen molar-refractivity contribution in [2.75, 3.05) is 6.54 Å². The molecule has 4 rings (SSSR count). The molecule has 1 amide bonds. The first kappa shape index (κ1) is 26.4. The maximum absolute atomic E-state index is 13.8. The van der Waals surface area contributed by atoms with E-state index in [1.165, 1.54) is 28.8 Å². The zero-order valence-electron chi connectivity index (χ0n) is 20.9. The molecule has 2 aromatic carbocycles. The van der Waals surface area contributed by atoms with Crippen LogP contribution in [0.1, 0.15) is 73.7 Å². The quantitative estimate of drug-likeness (QED) is 0.455. The molecule has 3 N–H and O–H groups in total. The molecule has 2 aromatic rings. The van der Waals surface area contributed by atoms with Crippen LogP contribution >= 0.6 is 0 Å². The molecular formula is C29H36F2N2O3. The van der Waals surface area contributed by atoms with Crippen LogP contribution in [-0.4, -0.2) is 35.5 Å². The lowest BCUT2D eigenvalue weighted by Crippen LogP contribution is -2.49. The number of rotatable bonds is 10. The van der Waals surface area contributed by atoms with E-state index in [0.29, 0.717) is 18.4 Å². The predicted molar refractivity (Wildman–Crippen MR) is 134 cm³/mol. The van der Waals surface area contributed by atoms with E-state index in [2.05, 4.69) is 35.8 Å². The fourth-order valence-electron chi connectivity index (χ4n) is 5.54. The second-order valence-corrected chi connectivity index (χ2v) is 10.2. The fraction of sp³-hybridized carbons (Fsp3) is 0.517. The minimum atomic E-state index is -0.987. The number of fused-ring (bicyclic) bond motifs is 1. The summed E-state index contributed by atoms with van der Waals surface area (Å²) in [6, 6.07) is 9.14. The van der Waals surface area contributed by atoms with Crippen molar-refractivity contribution in [3.05, 3.63) is 70.3 Å². The lowest BCUT2D eigenvalue weighted by molar-refractivity contribution is -0.128.